The molecule has 1 aromatic carbocycles. The van der Waals surface area contributed by atoms with Gasteiger partial charge in [0.15, 0.2) is 0 Å². The maximum absolute atomic E-state index is 11.9. The van der Waals surface area contributed by atoms with E-state index in [0.717, 1.165) is 0 Å². The second kappa shape index (κ2) is 7.59. The van der Waals surface area contributed by atoms with E-state index < -0.39 is 15.9 Å². The lowest BCUT2D eigenvalue weighted by molar-refractivity contribution is -0.120. The molecule has 0 radical (unpaired) electrons. The van der Waals surface area contributed by atoms with E-state index in [1.54, 1.807) is 12.1 Å². The van der Waals surface area contributed by atoms with Gasteiger partial charge in [-0.2, -0.15) is 0 Å². The molecule has 19 heavy (non-hydrogen) atoms. The molecule has 0 aliphatic carbocycles. The summed E-state index contributed by atoms with van der Waals surface area (Å²) in [5.74, 6) is -0.407. The largest absolute Gasteiger partial charge is 0.383 e. The molecule has 0 unspecified atom stereocenters. The number of carbonyl (C=O) groups excluding carboxylic acids is 1. The maximum atomic E-state index is 11.9. The normalized spacial score (nSPS) is 11.3. The molecule has 0 saturated heterocycles. The minimum absolute atomic E-state index is 0.103. The molecule has 0 bridgehead atoms. The molecule has 0 saturated carbocycles. The molecule has 2 N–H and O–H groups in total. The van der Waals surface area contributed by atoms with Crippen LogP contribution in [0.1, 0.15) is 0 Å². The van der Waals surface area contributed by atoms with Gasteiger partial charge < -0.3 is 10.1 Å². The first kappa shape index (κ1) is 16.1. The molecule has 0 aromatic heterocycles. The summed E-state index contributed by atoms with van der Waals surface area (Å²) in [4.78, 5) is 11.5. The van der Waals surface area contributed by atoms with E-state index in [4.69, 9.17) is 4.74 Å². The zero-order chi connectivity index (χ0) is 14.3. The number of nitrogens with one attached hydrogen (secondary N) is 2. The van der Waals surface area contributed by atoms with Crippen molar-refractivity contribution in [1.29, 1.82) is 0 Å². The van der Waals surface area contributed by atoms with Crippen molar-refractivity contribution in [3.8, 4) is 0 Å². The van der Waals surface area contributed by atoms with Crippen LogP contribution in [0.3, 0.4) is 0 Å². The Labute approximate surface area is 120 Å². The lowest BCUT2D eigenvalue weighted by Gasteiger charge is -2.07. The fraction of sp³-hybridized carbons (Fsp3) is 0.364. The van der Waals surface area contributed by atoms with Crippen LogP contribution in [0.2, 0.25) is 0 Å². The first-order valence-electron chi connectivity index (χ1n) is 5.46. The smallest absolute Gasteiger partial charge is 0.241 e. The maximum Gasteiger partial charge on any atom is 0.241 e. The molecule has 0 spiro atoms. The van der Waals surface area contributed by atoms with Gasteiger partial charge in [0.1, 0.15) is 0 Å². The fourth-order valence-electron chi connectivity index (χ4n) is 1.23. The number of carbonyl (C=O) groups is 1. The van der Waals surface area contributed by atoms with Crippen LogP contribution in [0.4, 0.5) is 0 Å². The van der Waals surface area contributed by atoms with Crippen molar-refractivity contribution in [3.05, 3.63) is 28.7 Å². The van der Waals surface area contributed by atoms with Crippen LogP contribution in [0.5, 0.6) is 0 Å². The van der Waals surface area contributed by atoms with Crippen molar-refractivity contribution >= 4 is 31.9 Å². The topological polar surface area (TPSA) is 84.5 Å². The zero-order valence-electron chi connectivity index (χ0n) is 10.3. The third-order valence-corrected chi connectivity index (χ3v) is 4.05. The summed E-state index contributed by atoms with van der Waals surface area (Å²) in [5, 5.41) is 2.52. The summed E-state index contributed by atoms with van der Waals surface area (Å²) in [5.41, 5.74) is 0. The highest BCUT2D eigenvalue weighted by molar-refractivity contribution is 9.10. The molecule has 1 aromatic rings. The average Bonchev–Trinajstić information content (AvgIpc) is 2.37. The number of sulfonamides is 1. The first-order valence-corrected chi connectivity index (χ1v) is 7.74. The van der Waals surface area contributed by atoms with E-state index in [1.807, 2.05) is 0 Å². The van der Waals surface area contributed by atoms with Gasteiger partial charge in [-0.3, -0.25) is 4.79 Å². The van der Waals surface area contributed by atoms with E-state index in [1.165, 1.54) is 19.2 Å². The average molecular weight is 351 g/mol. The Hall–Kier alpha value is -0.960. The van der Waals surface area contributed by atoms with Gasteiger partial charge in [-0.05, 0) is 18.2 Å². The van der Waals surface area contributed by atoms with Crippen LogP contribution in [-0.2, 0) is 19.6 Å². The Morgan fingerprint density at radius 3 is 2.79 bits per heavy atom. The van der Waals surface area contributed by atoms with E-state index >= 15 is 0 Å². The lowest BCUT2D eigenvalue weighted by Crippen LogP contribution is -2.38. The zero-order valence-corrected chi connectivity index (χ0v) is 12.8. The van der Waals surface area contributed by atoms with Gasteiger partial charge >= 0.3 is 0 Å². The van der Waals surface area contributed by atoms with Crippen LogP contribution >= 0.6 is 15.9 Å². The highest BCUT2D eigenvalue weighted by Crippen LogP contribution is 2.15. The number of ether oxygens (including phenoxy) is 1. The van der Waals surface area contributed by atoms with Crippen molar-refractivity contribution in [2.45, 2.75) is 4.90 Å². The highest BCUT2D eigenvalue weighted by Gasteiger charge is 2.15. The fourth-order valence-corrected chi connectivity index (χ4v) is 2.81. The van der Waals surface area contributed by atoms with Gasteiger partial charge in [-0.1, -0.05) is 22.0 Å². The Bertz CT molecular complexity index is 533. The van der Waals surface area contributed by atoms with Crippen LogP contribution in [0.15, 0.2) is 33.6 Å². The third kappa shape index (κ3) is 5.68. The van der Waals surface area contributed by atoms with Crippen molar-refractivity contribution in [2.24, 2.45) is 0 Å². The molecule has 8 heteroatoms. The Balaban J connectivity index is 2.54. The van der Waals surface area contributed by atoms with Crippen LogP contribution in [-0.4, -0.2) is 41.1 Å². The number of methoxy groups -OCH3 is 1. The minimum Gasteiger partial charge on any atom is -0.383 e. The molecule has 0 aliphatic heterocycles. The van der Waals surface area contributed by atoms with Gasteiger partial charge in [-0.15, -0.1) is 0 Å². The molecule has 0 aliphatic rings. The van der Waals surface area contributed by atoms with Crippen LogP contribution in [0, 0.1) is 0 Å². The molecule has 1 amide bonds. The molecule has 106 valence electrons. The molecule has 0 atom stereocenters. The molecule has 1 rings (SSSR count). The summed E-state index contributed by atoms with van der Waals surface area (Å²) < 4.78 is 31.4. The number of hydrogen-bond donors (Lipinski definition) is 2. The Kier molecular flexibility index (Phi) is 6.43. The second-order valence-corrected chi connectivity index (χ2v) is 6.31. The minimum atomic E-state index is -3.68. The van der Waals surface area contributed by atoms with Crippen LogP contribution < -0.4 is 10.0 Å². The number of hydrogen-bond acceptors (Lipinski definition) is 4. The first-order chi connectivity index (χ1) is 8.95. The summed E-state index contributed by atoms with van der Waals surface area (Å²) in [6.45, 7) is 0.413. The lowest BCUT2D eigenvalue weighted by atomic mass is 10.4. The summed E-state index contributed by atoms with van der Waals surface area (Å²) in [6.07, 6.45) is 0. The molecular formula is C11H15BrN2O4S. The molecule has 0 heterocycles. The highest BCUT2D eigenvalue weighted by atomic mass is 79.9. The van der Waals surface area contributed by atoms with Crippen molar-refractivity contribution < 1.29 is 17.9 Å². The summed E-state index contributed by atoms with van der Waals surface area (Å²) in [6, 6.07) is 6.24. The number of halogens is 1. The Morgan fingerprint density at radius 1 is 1.42 bits per heavy atom. The predicted octanol–water partition coefficient (Wildman–Crippen LogP) is 0.490. The third-order valence-electron chi connectivity index (χ3n) is 2.16. The summed E-state index contributed by atoms with van der Waals surface area (Å²) >= 11 is 3.19. The van der Waals surface area contributed by atoms with E-state index in [-0.39, 0.29) is 11.4 Å². The van der Waals surface area contributed by atoms with Gasteiger partial charge in [0.05, 0.1) is 18.0 Å². The van der Waals surface area contributed by atoms with Crippen molar-refractivity contribution in [1.82, 2.24) is 10.0 Å². The second-order valence-electron chi connectivity index (χ2n) is 3.62. The number of rotatable bonds is 7. The van der Waals surface area contributed by atoms with Gasteiger partial charge in [0.25, 0.3) is 0 Å². The van der Waals surface area contributed by atoms with Gasteiger partial charge in [0.2, 0.25) is 15.9 Å². The van der Waals surface area contributed by atoms with Crippen molar-refractivity contribution in [3.63, 3.8) is 0 Å². The van der Waals surface area contributed by atoms with Gasteiger partial charge in [0, 0.05) is 18.1 Å². The Morgan fingerprint density at radius 2 is 2.16 bits per heavy atom. The molecule has 0 fully saturated rings. The van der Waals surface area contributed by atoms with Gasteiger partial charge in [-0.25, -0.2) is 13.1 Å². The standard InChI is InChI=1S/C11H15BrN2O4S/c1-18-6-5-13-11(15)8-14-19(16,17)10-4-2-3-9(12)7-10/h2-4,7,14H,5-6,8H2,1H3,(H,13,15). The van der Waals surface area contributed by atoms with Crippen molar-refractivity contribution in [2.75, 3.05) is 26.8 Å². The quantitative estimate of drug-likeness (QED) is 0.701. The van der Waals surface area contributed by atoms with Crippen LogP contribution in [0.25, 0.3) is 0 Å². The monoisotopic (exact) mass is 350 g/mol. The van der Waals surface area contributed by atoms with E-state index in [2.05, 4.69) is 26.0 Å². The number of benzene rings is 1. The van der Waals surface area contributed by atoms with E-state index in [0.29, 0.717) is 17.6 Å². The predicted molar refractivity (Wildman–Crippen MR) is 74.2 cm³/mol. The number of amides is 1. The summed E-state index contributed by atoms with van der Waals surface area (Å²) in [7, 11) is -2.16. The molecule has 6 nitrogen and oxygen atoms in total. The van der Waals surface area contributed by atoms with E-state index in [9.17, 15) is 13.2 Å². The molecular weight excluding hydrogens is 336 g/mol. The SMILES string of the molecule is COCCNC(=O)CNS(=O)(=O)c1cccc(Br)c1.